The van der Waals surface area contributed by atoms with Crippen molar-refractivity contribution in [1.82, 2.24) is 10.6 Å². The molecule has 0 saturated heterocycles. The van der Waals surface area contributed by atoms with Crippen molar-refractivity contribution in [2.75, 3.05) is 50.2 Å². The lowest BCUT2D eigenvalue weighted by molar-refractivity contribution is -0.149. The summed E-state index contributed by atoms with van der Waals surface area (Å²) in [5, 5.41) is 10.6. The Bertz CT molecular complexity index is 1790. The first kappa shape index (κ1) is 55.8. The maximum atomic E-state index is 12.2. The Morgan fingerprint density at radius 2 is 0.723 bits per heavy atom. The quantitative estimate of drug-likeness (QED) is 0.0365. The molecular weight excluding hydrogens is 845 g/mol. The van der Waals surface area contributed by atoms with E-state index < -0.39 is 48.3 Å². The molecule has 0 bridgehead atoms. The van der Waals surface area contributed by atoms with Crippen LogP contribution < -0.4 is 21.3 Å². The summed E-state index contributed by atoms with van der Waals surface area (Å²) in [5.41, 5.74) is 4.56. The lowest BCUT2D eigenvalue weighted by Crippen LogP contribution is -2.36. The number of hydrogen-bond acceptors (Lipinski definition) is 14. The first-order valence-corrected chi connectivity index (χ1v) is 20.6. The zero-order valence-electron chi connectivity index (χ0n) is 38.1. The van der Waals surface area contributed by atoms with Gasteiger partial charge in [0, 0.05) is 60.6 Å². The van der Waals surface area contributed by atoms with Crippen LogP contribution in [0.5, 0.6) is 0 Å². The maximum absolute atomic E-state index is 12.2. The largest absolute Gasteiger partial charge is 0.458 e. The Hall–Kier alpha value is -7.24. The third-order valence-corrected chi connectivity index (χ3v) is 8.14. The minimum absolute atomic E-state index is 0.0729. The number of alkyl carbamates (subject to hydrolysis) is 2. The maximum Gasteiger partial charge on any atom is 0.407 e. The minimum atomic E-state index is -1.04. The van der Waals surface area contributed by atoms with Gasteiger partial charge in [0.25, 0.3) is 0 Å². The Morgan fingerprint density at radius 1 is 0.446 bits per heavy atom. The van der Waals surface area contributed by atoms with E-state index in [-0.39, 0.29) is 73.6 Å². The van der Waals surface area contributed by atoms with Gasteiger partial charge >= 0.3 is 36.1 Å². The van der Waals surface area contributed by atoms with Crippen molar-refractivity contribution in [1.29, 1.82) is 0 Å². The van der Waals surface area contributed by atoms with E-state index in [1.165, 1.54) is 41.5 Å². The molecule has 0 radical (unpaired) electrons. The first-order chi connectivity index (χ1) is 30.7. The number of benzene rings is 2. The summed E-state index contributed by atoms with van der Waals surface area (Å²) in [6.45, 7) is 21.9. The summed E-state index contributed by atoms with van der Waals surface area (Å²) in [4.78, 5) is 92.9. The highest BCUT2D eigenvalue weighted by Crippen LogP contribution is 2.16. The molecule has 4 N–H and O–H groups in total. The number of nitrogens with one attached hydrogen (secondary N) is 4. The number of esters is 4. The molecule has 0 fully saturated rings. The number of hydrogen-bond donors (Lipinski definition) is 4. The van der Waals surface area contributed by atoms with Gasteiger partial charge in [0.2, 0.25) is 11.8 Å². The number of unbranched alkanes of at least 4 members (excludes halogenated alkanes) is 3. The van der Waals surface area contributed by atoms with E-state index in [0.29, 0.717) is 25.7 Å². The van der Waals surface area contributed by atoms with Crippen LogP contribution in [0.3, 0.4) is 0 Å². The summed E-state index contributed by atoms with van der Waals surface area (Å²) in [6.07, 6.45) is -0.212. The highest BCUT2D eigenvalue weighted by molar-refractivity contribution is 5.90. The van der Waals surface area contributed by atoms with Gasteiger partial charge in [-0.1, -0.05) is 63.4 Å². The molecule has 4 amide bonds. The van der Waals surface area contributed by atoms with Crippen LogP contribution in [0, 0.1) is 0 Å². The molecule has 0 unspecified atom stereocenters. The zero-order chi connectivity index (χ0) is 48.9. The summed E-state index contributed by atoms with van der Waals surface area (Å²) in [7, 11) is 0. The minimum Gasteiger partial charge on any atom is -0.458 e. The number of rotatable bonds is 25. The lowest BCUT2D eigenvalue weighted by atomic mass is 10.0. The average Bonchev–Trinajstić information content (AvgIpc) is 3.24. The van der Waals surface area contributed by atoms with Gasteiger partial charge in [-0.3, -0.25) is 9.59 Å². The summed E-state index contributed by atoms with van der Waals surface area (Å²) >= 11 is 0. The molecule has 2 aromatic rings. The molecule has 2 rings (SSSR count). The Kier molecular flexibility index (Phi) is 26.4. The Balaban J connectivity index is 0.000000828. The molecule has 18 nitrogen and oxygen atoms in total. The van der Waals surface area contributed by atoms with E-state index in [9.17, 15) is 38.4 Å². The summed E-state index contributed by atoms with van der Waals surface area (Å²) in [5.74, 6) is -2.86. The molecule has 65 heavy (non-hydrogen) atoms. The Morgan fingerprint density at radius 3 is 0.969 bits per heavy atom. The standard InChI is InChI=1S/C30H44N2O12.C17H18N2O2/c1-19(2)25(33)39-15-23(16-40-26(34)20(3)4)43-29(37)31-13-11-9-10-12-14-32-30(38)44-24(17-41-27(35)21(5)6)18-42-28(36)22(7)8;1-12(20)18-16-7-3-14(4-8-16)11-15-5-9-17(10-6-15)19-13(2)21/h23-24H,1,3,5,7,9-18H2,2,4,6,8H3,(H,31,37)(H,32,38);3-10H,11H2,1-2H3,(H,18,20)(H,19,21). The molecule has 0 aliphatic carbocycles. The van der Waals surface area contributed by atoms with E-state index in [4.69, 9.17) is 28.4 Å². The highest BCUT2D eigenvalue weighted by Gasteiger charge is 2.21. The van der Waals surface area contributed by atoms with E-state index >= 15 is 0 Å². The highest BCUT2D eigenvalue weighted by atomic mass is 16.6. The van der Waals surface area contributed by atoms with E-state index in [0.717, 1.165) is 28.9 Å². The molecule has 0 heterocycles. The van der Waals surface area contributed by atoms with Crippen LogP contribution in [-0.4, -0.2) is 99.6 Å². The van der Waals surface area contributed by atoms with Gasteiger partial charge in [-0.2, -0.15) is 0 Å². The SMILES string of the molecule is C=C(C)C(=O)OCC(COC(=O)C(=C)C)OC(=O)NCCCCCCNC(=O)OC(COC(=O)C(=C)C)COC(=O)C(=C)C.CC(=O)Nc1ccc(Cc2ccc(NC(C)=O)cc2)cc1. The van der Waals surface area contributed by atoms with Gasteiger partial charge in [0.15, 0.2) is 12.2 Å². The average molecular weight is 907 g/mol. The van der Waals surface area contributed by atoms with Gasteiger partial charge in [0.1, 0.15) is 26.4 Å². The molecule has 0 aliphatic heterocycles. The van der Waals surface area contributed by atoms with E-state index in [1.807, 2.05) is 48.5 Å². The van der Waals surface area contributed by atoms with Crippen LogP contribution in [0.2, 0.25) is 0 Å². The number of carbonyl (C=O) groups excluding carboxylic acids is 8. The van der Waals surface area contributed by atoms with E-state index in [2.05, 4.69) is 47.6 Å². The van der Waals surface area contributed by atoms with Gasteiger partial charge in [0.05, 0.1) is 0 Å². The molecule has 0 saturated carbocycles. The molecule has 354 valence electrons. The third kappa shape index (κ3) is 26.8. The van der Waals surface area contributed by atoms with Crippen LogP contribution in [0.15, 0.2) is 97.1 Å². The Labute approximate surface area is 380 Å². The normalized spacial score (nSPS) is 10.2. The van der Waals surface area contributed by atoms with Gasteiger partial charge in [-0.05, 0) is 82.3 Å². The van der Waals surface area contributed by atoms with Gasteiger partial charge < -0.3 is 49.7 Å². The van der Waals surface area contributed by atoms with Gasteiger partial charge in [-0.25, -0.2) is 28.8 Å². The fourth-order valence-corrected chi connectivity index (χ4v) is 4.82. The molecule has 2 aromatic carbocycles. The predicted molar refractivity (Wildman–Crippen MR) is 242 cm³/mol. The van der Waals surface area contributed by atoms with Gasteiger partial charge in [-0.15, -0.1) is 0 Å². The second-order valence-corrected chi connectivity index (χ2v) is 14.8. The third-order valence-electron chi connectivity index (χ3n) is 8.14. The monoisotopic (exact) mass is 906 g/mol. The fraction of sp³-hybridized carbons (Fsp3) is 0.404. The molecular formula is C47H62N4O14. The van der Waals surface area contributed by atoms with Crippen molar-refractivity contribution in [3.05, 3.63) is 108 Å². The first-order valence-electron chi connectivity index (χ1n) is 20.6. The van der Waals surface area contributed by atoms with Crippen LogP contribution in [-0.2, 0) is 63.6 Å². The van der Waals surface area contributed by atoms with Crippen LogP contribution in [0.4, 0.5) is 21.0 Å². The van der Waals surface area contributed by atoms with Crippen LogP contribution in [0.1, 0.15) is 78.4 Å². The number of carbonyl (C=O) groups is 8. The molecule has 0 aliphatic rings. The number of anilines is 2. The smallest absolute Gasteiger partial charge is 0.407 e. The zero-order valence-corrected chi connectivity index (χ0v) is 38.1. The second kappa shape index (κ2) is 30.7. The summed E-state index contributed by atoms with van der Waals surface area (Å²) < 4.78 is 30.4. The molecule has 0 atom stereocenters. The van der Waals surface area contributed by atoms with Crippen molar-refractivity contribution in [3.8, 4) is 0 Å². The number of ether oxygens (including phenoxy) is 6. The topological polar surface area (TPSA) is 240 Å². The van der Waals surface area contributed by atoms with Crippen molar-refractivity contribution >= 4 is 59.3 Å². The van der Waals surface area contributed by atoms with Crippen molar-refractivity contribution in [3.63, 3.8) is 0 Å². The fourth-order valence-electron chi connectivity index (χ4n) is 4.82. The summed E-state index contributed by atoms with van der Waals surface area (Å²) in [6, 6.07) is 15.5. The molecule has 18 heteroatoms. The predicted octanol–water partition coefficient (Wildman–Crippen LogP) is 6.41. The van der Waals surface area contributed by atoms with E-state index in [1.54, 1.807) is 0 Å². The molecule has 0 aromatic heterocycles. The number of amides is 4. The lowest BCUT2D eigenvalue weighted by Gasteiger charge is -2.18. The molecule has 0 spiro atoms. The van der Waals surface area contributed by atoms with Crippen LogP contribution in [0.25, 0.3) is 0 Å². The van der Waals surface area contributed by atoms with Crippen molar-refractivity contribution < 1.29 is 66.8 Å². The second-order valence-electron chi connectivity index (χ2n) is 14.8. The van der Waals surface area contributed by atoms with Crippen molar-refractivity contribution in [2.24, 2.45) is 0 Å². The van der Waals surface area contributed by atoms with Crippen LogP contribution >= 0.6 is 0 Å². The van der Waals surface area contributed by atoms with Crippen molar-refractivity contribution in [2.45, 2.75) is 85.9 Å².